The molecule has 0 bridgehead atoms. The summed E-state index contributed by atoms with van der Waals surface area (Å²) in [6.45, 7) is 9.61. The van der Waals surface area contributed by atoms with Crippen LogP contribution < -0.4 is 10.6 Å². The number of rotatable bonds is 11. The largest absolute Gasteiger partial charge is 0.371 e. The second-order valence-corrected chi connectivity index (χ2v) is 7.87. The molecule has 2 heterocycles. The number of halogens is 1. The van der Waals surface area contributed by atoms with Crippen LogP contribution >= 0.6 is 24.0 Å². The molecule has 0 radical (unpaired) electrons. The zero-order valence-corrected chi connectivity index (χ0v) is 22.0. The molecule has 2 unspecified atom stereocenters. The number of nitrogens with zero attached hydrogens (tertiary/aromatic N) is 4. The van der Waals surface area contributed by atoms with Crippen LogP contribution in [0.15, 0.2) is 39.8 Å². The van der Waals surface area contributed by atoms with E-state index in [2.05, 4.69) is 37.9 Å². The van der Waals surface area contributed by atoms with Gasteiger partial charge in [-0.25, -0.2) is 4.99 Å². The number of aliphatic imine (C=N–C) groups is 1. The molecule has 1 fully saturated rings. The zero-order valence-electron chi connectivity index (χ0n) is 19.6. The van der Waals surface area contributed by atoms with Gasteiger partial charge in [0.05, 0.1) is 0 Å². The Bertz CT molecular complexity index is 876. The number of benzene rings is 1. The molecular weight excluding hydrogens is 535 g/mol. The predicted molar refractivity (Wildman–Crippen MR) is 137 cm³/mol. The number of ether oxygens (including phenoxy) is 1. The Balaban J connectivity index is 0.00000385. The van der Waals surface area contributed by atoms with Gasteiger partial charge in [-0.1, -0.05) is 35.5 Å². The van der Waals surface area contributed by atoms with Crippen molar-refractivity contribution in [3.8, 4) is 0 Å². The first-order chi connectivity index (χ1) is 15.6. The Morgan fingerprint density at radius 3 is 2.82 bits per heavy atom. The number of guanidine groups is 1. The summed E-state index contributed by atoms with van der Waals surface area (Å²) in [5.74, 6) is 2.10. The van der Waals surface area contributed by atoms with Crippen molar-refractivity contribution in [1.82, 2.24) is 25.7 Å². The van der Waals surface area contributed by atoms with Gasteiger partial charge < -0.3 is 24.8 Å². The van der Waals surface area contributed by atoms with Crippen LogP contribution in [0.3, 0.4) is 0 Å². The highest BCUT2D eigenvalue weighted by molar-refractivity contribution is 14.0. The van der Waals surface area contributed by atoms with Crippen LogP contribution in [-0.4, -0.2) is 59.7 Å². The summed E-state index contributed by atoms with van der Waals surface area (Å²) in [5, 5.41) is 10.5. The smallest absolute Gasteiger partial charge is 0.248 e. The standard InChI is InChI=1S/C23H34N6O3.HI/c1-4-24-23(26-15-20-27-22(28-32-20)17(3)31-5-2)25-14-19-13-21(30)29(16-19)12-11-18-9-7-6-8-10-18;/h6-10,17,19H,4-5,11-16H2,1-3H3,(H2,24,25,26);1H. The average molecular weight is 570 g/mol. The van der Waals surface area contributed by atoms with Crippen LogP contribution in [0.25, 0.3) is 0 Å². The molecule has 1 aromatic carbocycles. The monoisotopic (exact) mass is 570 g/mol. The fourth-order valence-electron chi connectivity index (χ4n) is 3.67. The van der Waals surface area contributed by atoms with Crippen LogP contribution in [0, 0.1) is 5.92 Å². The second kappa shape index (κ2) is 14.1. The van der Waals surface area contributed by atoms with Crippen molar-refractivity contribution in [2.45, 2.75) is 46.3 Å². The number of nitrogens with one attached hydrogen (secondary N) is 2. The third-order valence-electron chi connectivity index (χ3n) is 5.35. The van der Waals surface area contributed by atoms with Crippen LogP contribution in [0.1, 0.15) is 50.6 Å². The molecule has 0 aliphatic carbocycles. The summed E-state index contributed by atoms with van der Waals surface area (Å²) in [7, 11) is 0. The summed E-state index contributed by atoms with van der Waals surface area (Å²) < 4.78 is 10.8. The maximum absolute atomic E-state index is 12.4. The van der Waals surface area contributed by atoms with Crippen molar-refractivity contribution in [2.24, 2.45) is 10.9 Å². The second-order valence-electron chi connectivity index (χ2n) is 7.87. The number of carbonyl (C=O) groups is 1. The van der Waals surface area contributed by atoms with Crippen LogP contribution in [0.4, 0.5) is 0 Å². The van der Waals surface area contributed by atoms with E-state index in [0.29, 0.717) is 37.2 Å². The molecule has 2 aromatic rings. The molecule has 33 heavy (non-hydrogen) atoms. The van der Waals surface area contributed by atoms with E-state index in [1.165, 1.54) is 5.56 Å². The van der Waals surface area contributed by atoms with E-state index in [0.717, 1.165) is 26.1 Å². The molecule has 1 aromatic heterocycles. The Labute approximate surface area is 212 Å². The van der Waals surface area contributed by atoms with Gasteiger partial charge >= 0.3 is 0 Å². The Morgan fingerprint density at radius 1 is 1.30 bits per heavy atom. The third kappa shape index (κ3) is 8.58. The van der Waals surface area contributed by atoms with Crippen molar-refractivity contribution in [3.63, 3.8) is 0 Å². The molecule has 1 saturated heterocycles. The minimum Gasteiger partial charge on any atom is -0.371 e. The Hall–Kier alpha value is -2.21. The highest BCUT2D eigenvalue weighted by Crippen LogP contribution is 2.18. The maximum atomic E-state index is 12.4. The average Bonchev–Trinajstić information content (AvgIpc) is 3.41. The highest BCUT2D eigenvalue weighted by atomic mass is 127. The van der Waals surface area contributed by atoms with E-state index in [-0.39, 0.29) is 48.5 Å². The van der Waals surface area contributed by atoms with E-state index >= 15 is 0 Å². The van der Waals surface area contributed by atoms with Gasteiger partial charge in [0.15, 0.2) is 11.8 Å². The molecule has 0 saturated carbocycles. The van der Waals surface area contributed by atoms with Crippen LogP contribution in [-0.2, 0) is 22.5 Å². The van der Waals surface area contributed by atoms with Gasteiger partial charge in [0.25, 0.3) is 0 Å². The molecule has 182 valence electrons. The van der Waals surface area contributed by atoms with Crippen LogP contribution in [0.5, 0.6) is 0 Å². The lowest BCUT2D eigenvalue weighted by atomic mass is 10.1. The van der Waals surface area contributed by atoms with E-state index < -0.39 is 0 Å². The van der Waals surface area contributed by atoms with Crippen molar-refractivity contribution < 1.29 is 14.1 Å². The fourth-order valence-corrected chi connectivity index (χ4v) is 3.67. The molecule has 1 aliphatic heterocycles. The summed E-state index contributed by atoms with van der Waals surface area (Å²) in [6, 6.07) is 10.3. The lowest BCUT2D eigenvalue weighted by molar-refractivity contribution is -0.127. The number of aromatic nitrogens is 2. The van der Waals surface area contributed by atoms with Crippen molar-refractivity contribution in [3.05, 3.63) is 47.6 Å². The van der Waals surface area contributed by atoms with Gasteiger partial charge in [-0.15, -0.1) is 24.0 Å². The molecule has 2 N–H and O–H groups in total. The van der Waals surface area contributed by atoms with Gasteiger partial charge in [-0.05, 0) is 32.8 Å². The number of carbonyl (C=O) groups excluding carboxylic acids is 1. The molecule has 1 aliphatic rings. The Kier molecular flexibility index (Phi) is 11.6. The summed E-state index contributed by atoms with van der Waals surface area (Å²) in [6.07, 6.45) is 1.23. The summed E-state index contributed by atoms with van der Waals surface area (Å²) in [4.78, 5) is 23.2. The number of hydrogen-bond donors (Lipinski definition) is 2. The van der Waals surface area contributed by atoms with E-state index in [9.17, 15) is 4.79 Å². The van der Waals surface area contributed by atoms with Gasteiger partial charge in [0.1, 0.15) is 12.6 Å². The first-order valence-corrected chi connectivity index (χ1v) is 11.4. The Morgan fingerprint density at radius 2 is 2.09 bits per heavy atom. The van der Waals surface area contributed by atoms with Gasteiger partial charge in [0.2, 0.25) is 11.8 Å². The summed E-state index contributed by atoms with van der Waals surface area (Å²) in [5.41, 5.74) is 1.25. The topological polar surface area (TPSA) is 105 Å². The van der Waals surface area contributed by atoms with Gasteiger partial charge in [-0.2, -0.15) is 4.98 Å². The van der Waals surface area contributed by atoms with Gasteiger partial charge in [0, 0.05) is 45.1 Å². The van der Waals surface area contributed by atoms with Crippen molar-refractivity contribution in [2.75, 3.05) is 32.8 Å². The van der Waals surface area contributed by atoms with E-state index in [1.807, 2.05) is 43.9 Å². The normalized spacial score (nSPS) is 17.1. The minimum atomic E-state index is -0.211. The number of hydrogen-bond acceptors (Lipinski definition) is 6. The molecule has 3 rings (SSSR count). The number of amides is 1. The lowest BCUT2D eigenvalue weighted by Gasteiger charge is -2.17. The van der Waals surface area contributed by atoms with E-state index in [1.54, 1.807) is 0 Å². The quantitative estimate of drug-likeness (QED) is 0.243. The SMILES string of the molecule is CCNC(=NCc1nc(C(C)OCC)no1)NCC1CC(=O)N(CCc2ccccc2)C1.I. The molecule has 0 spiro atoms. The van der Waals surface area contributed by atoms with Gasteiger partial charge in [-0.3, -0.25) is 4.79 Å². The molecule has 1 amide bonds. The molecule has 2 atom stereocenters. The lowest BCUT2D eigenvalue weighted by Crippen LogP contribution is -2.40. The fraction of sp³-hybridized carbons (Fsp3) is 0.565. The molecule has 10 heteroatoms. The maximum Gasteiger partial charge on any atom is 0.248 e. The first kappa shape index (κ1) is 27.0. The molecule has 9 nitrogen and oxygen atoms in total. The first-order valence-electron chi connectivity index (χ1n) is 11.4. The van der Waals surface area contributed by atoms with E-state index in [4.69, 9.17) is 9.26 Å². The van der Waals surface area contributed by atoms with Crippen molar-refractivity contribution in [1.29, 1.82) is 0 Å². The number of likely N-dealkylation sites (tertiary alicyclic amines) is 1. The zero-order chi connectivity index (χ0) is 22.8. The van der Waals surface area contributed by atoms with Crippen molar-refractivity contribution >= 4 is 35.8 Å². The van der Waals surface area contributed by atoms with Crippen LogP contribution in [0.2, 0.25) is 0 Å². The minimum absolute atomic E-state index is 0. The summed E-state index contributed by atoms with van der Waals surface area (Å²) >= 11 is 0. The molecular formula is C23H35IN6O3. The predicted octanol–water partition coefficient (Wildman–Crippen LogP) is 2.93. The third-order valence-corrected chi connectivity index (χ3v) is 5.35. The highest BCUT2D eigenvalue weighted by Gasteiger charge is 2.29.